The second kappa shape index (κ2) is 8.05. The molecule has 29 heavy (non-hydrogen) atoms. The minimum atomic E-state index is -0.360. The summed E-state index contributed by atoms with van der Waals surface area (Å²) in [6, 6.07) is 12.6. The molecule has 8 nitrogen and oxygen atoms in total. The average molecular weight is 392 g/mol. The van der Waals surface area contributed by atoms with Crippen LogP contribution in [-0.4, -0.2) is 36.2 Å². The summed E-state index contributed by atoms with van der Waals surface area (Å²) in [5, 5.41) is 5.91. The van der Waals surface area contributed by atoms with Gasteiger partial charge in [-0.1, -0.05) is 6.07 Å². The standard InChI is InChI=1S/C21H20N4O4/c1-13-3-5-17(27-2)16(11-13)24-20(26)15-7-8-22-21(25-15)23-14-4-6-18-19(12-14)29-10-9-28-18/h3-8,11-12H,9-10H2,1-2H3,(H,24,26)(H,22,23,25). The maximum atomic E-state index is 12.7. The summed E-state index contributed by atoms with van der Waals surface area (Å²) in [6.07, 6.45) is 1.52. The zero-order chi connectivity index (χ0) is 20.2. The van der Waals surface area contributed by atoms with Gasteiger partial charge in [-0.25, -0.2) is 9.97 Å². The second-order valence-electron chi connectivity index (χ2n) is 6.41. The maximum absolute atomic E-state index is 12.7. The lowest BCUT2D eigenvalue weighted by Crippen LogP contribution is -2.16. The fourth-order valence-electron chi connectivity index (χ4n) is 2.90. The van der Waals surface area contributed by atoms with E-state index in [1.807, 2.05) is 37.3 Å². The molecule has 0 aliphatic carbocycles. The molecule has 0 unspecified atom stereocenters. The van der Waals surface area contributed by atoms with E-state index in [-0.39, 0.29) is 11.6 Å². The Morgan fingerprint density at radius 2 is 1.90 bits per heavy atom. The maximum Gasteiger partial charge on any atom is 0.274 e. The van der Waals surface area contributed by atoms with Crippen molar-refractivity contribution in [2.45, 2.75) is 6.92 Å². The number of hydrogen-bond acceptors (Lipinski definition) is 7. The molecule has 0 bridgehead atoms. The minimum absolute atomic E-state index is 0.226. The van der Waals surface area contributed by atoms with Gasteiger partial charge in [0, 0.05) is 18.0 Å². The Balaban J connectivity index is 1.51. The van der Waals surface area contributed by atoms with Crippen molar-refractivity contribution in [2.75, 3.05) is 31.0 Å². The first kappa shape index (κ1) is 18.5. The van der Waals surface area contributed by atoms with E-state index in [4.69, 9.17) is 14.2 Å². The number of hydrogen-bond donors (Lipinski definition) is 2. The lowest BCUT2D eigenvalue weighted by atomic mass is 10.2. The molecular formula is C21H20N4O4. The fourth-order valence-corrected chi connectivity index (χ4v) is 2.90. The molecule has 1 aliphatic heterocycles. The highest BCUT2D eigenvalue weighted by molar-refractivity contribution is 6.03. The predicted molar refractivity (Wildman–Crippen MR) is 108 cm³/mol. The van der Waals surface area contributed by atoms with Crippen molar-refractivity contribution in [2.24, 2.45) is 0 Å². The zero-order valence-electron chi connectivity index (χ0n) is 16.1. The van der Waals surface area contributed by atoms with Crippen molar-refractivity contribution in [1.82, 2.24) is 9.97 Å². The summed E-state index contributed by atoms with van der Waals surface area (Å²) in [5.41, 5.74) is 2.54. The molecular weight excluding hydrogens is 372 g/mol. The Kier molecular flexibility index (Phi) is 5.15. The van der Waals surface area contributed by atoms with Gasteiger partial charge in [0.15, 0.2) is 11.5 Å². The number of aromatic nitrogens is 2. The van der Waals surface area contributed by atoms with E-state index < -0.39 is 0 Å². The molecule has 2 heterocycles. The van der Waals surface area contributed by atoms with Crippen molar-refractivity contribution < 1.29 is 19.0 Å². The first-order chi connectivity index (χ1) is 14.1. The third kappa shape index (κ3) is 4.21. The molecule has 0 atom stereocenters. The van der Waals surface area contributed by atoms with Crippen LogP contribution in [0.2, 0.25) is 0 Å². The average Bonchev–Trinajstić information content (AvgIpc) is 2.74. The Labute approximate surface area is 167 Å². The summed E-state index contributed by atoms with van der Waals surface area (Å²) >= 11 is 0. The van der Waals surface area contributed by atoms with Gasteiger partial charge in [0.05, 0.1) is 12.8 Å². The van der Waals surface area contributed by atoms with E-state index in [1.165, 1.54) is 6.20 Å². The van der Waals surface area contributed by atoms with Crippen LogP contribution in [0.5, 0.6) is 17.2 Å². The van der Waals surface area contributed by atoms with E-state index in [2.05, 4.69) is 20.6 Å². The predicted octanol–water partition coefficient (Wildman–Crippen LogP) is 3.56. The number of anilines is 3. The molecule has 1 aliphatic rings. The number of fused-ring (bicyclic) bond motifs is 1. The van der Waals surface area contributed by atoms with Gasteiger partial charge in [-0.2, -0.15) is 0 Å². The molecule has 0 fully saturated rings. The van der Waals surface area contributed by atoms with Crippen LogP contribution in [0.3, 0.4) is 0 Å². The topological polar surface area (TPSA) is 94.6 Å². The van der Waals surface area contributed by atoms with Gasteiger partial charge < -0.3 is 24.8 Å². The number of ether oxygens (including phenoxy) is 3. The van der Waals surface area contributed by atoms with E-state index in [0.717, 1.165) is 11.3 Å². The molecule has 1 amide bonds. The number of carbonyl (C=O) groups excluding carboxylic acids is 1. The number of aryl methyl sites for hydroxylation is 1. The largest absolute Gasteiger partial charge is 0.495 e. The monoisotopic (exact) mass is 392 g/mol. The van der Waals surface area contributed by atoms with E-state index in [0.29, 0.717) is 42.1 Å². The lowest BCUT2D eigenvalue weighted by Gasteiger charge is -2.19. The van der Waals surface area contributed by atoms with Crippen LogP contribution in [0.25, 0.3) is 0 Å². The molecule has 0 saturated carbocycles. The molecule has 2 aromatic carbocycles. The fraction of sp³-hybridized carbons (Fsp3) is 0.190. The molecule has 8 heteroatoms. The molecule has 2 N–H and O–H groups in total. The van der Waals surface area contributed by atoms with E-state index in [9.17, 15) is 4.79 Å². The Morgan fingerprint density at radius 3 is 2.72 bits per heavy atom. The first-order valence-corrected chi connectivity index (χ1v) is 9.08. The van der Waals surface area contributed by atoms with Gasteiger partial charge in [0.2, 0.25) is 5.95 Å². The van der Waals surface area contributed by atoms with Crippen molar-refractivity contribution in [3.63, 3.8) is 0 Å². The molecule has 0 spiro atoms. The van der Waals surface area contributed by atoms with Crippen molar-refractivity contribution in [3.8, 4) is 17.2 Å². The van der Waals surface area contributed by atoms with Gasteiger partial charge in [-0.15, -0.1) is 0 Å². The number of nitrogens with zero attached hydrogens (tertiary/aromatic N) is 2. The molecule has 0 saturated heterocycles. The second-order valence-corrected chi connectivity index (χ2v) is 6.41. The minimum Gasteiger partial charge on any atom is -0.495 e. The lowest BCUT2D eigenvalue weighted by molar-refractivity contribution is 0.102. The smallest absolute Gasteiger partial charge is 0.274 e. The van der Waals surface area contributed by atoms with Crippen LogP contribution in [0, 0.1) is 6.92 Å². The van der Waals surface area contributed by atoms with Crippen molar-refractivity contribution in [3.05, 3.63) is 59.9 Å². The van der Waals surface area contributed by atoms with Crippen LogP contribution < -0.4 is 24.8 Å². The highest BCUT2D eigenvalue weighted by Crippen LogP contribution is 2.33. The summed E-state index contributed by atoms with van der Waals surface area (Å²) in [4.78, 5) is 21.2. The van der Waals surface area contributed by atoms with Gasteiger partial charge in [-0.05, 0) is 42.8 Å². The highest BCUT2D eigenvalue weighted by atomic mass is 16.6. The van der Waals surface area contributed by atoms with Gasteiger partial charge >= 0.3 is 0 Å². The van der Waals surface area contributed by atoms with Crippen LogP contribution >= 0.6 is 0 Å². The molecule has 0 radical (unpaired) electrons. The Morgan fingerprint density at radius 1 is 1.07 bits per heavy atom. The van der Waals surface area contributed by atoms with Crippen molar-refractivity contribution >= 4 is 23.2 Å². The zero-order valence-corrected chi connectivity index (χ0v) is 16.1. The van der Waals surface area contributed by atoms with Crippen LogP contribution in [0.1, 0.15) is 16.1 Å². The number of rotatable bonds is 5. The van der Waals surface area contributed by atoms with E-state index >= 15 is 0 Å². The highest BCUT2D eigenvalue weighted by Gasteiger charge is 2.14. The Bertz CT molecular complexity index is 1050. The first-order valence-electron chi connectivity index (χ1n) is 9.08. The number of methoxy groups -OCH3 is 1. The summed E-state index contributed by atoms with van der Waals surface area (Å²) in [6.45, 7) is 2.98. The molecule has 148 valence electrons. The van der Waals surface area contributed by atoms with Crippen LogP contribution in [0.4, 0.5) is 17.3 Å². The molecule has 3 aromatic rings. The summed E-state index contributed by atoms with van der Waals surface area (Å²) in [7, 11) is 1.56. The SMILES string of the molecule is COc1ccc(C)cc1NC(=O)c1ccnc(Nc2ccc3c(c2)OCCO3)n1. The number of nitrogens with one attached hydrogen (secondary N) is 2. The quantitative estimate of drug-likeness (QED) is 0.685. The number of amides is 1. The third-order valence-electron chi connectivity index (χ3n) is 4.29. The molecule has 1 aromatic heterocycles. The number of carbonyl (C=O) groups is 1. The van der Waals surface area contributed by atoms with Crippen molar-refractivity contribution in [1.29, 1.82) is 0 Å². The third-order valence-corrected chi connectivity index (χ3v) is 4.29. The molecule has 4 rings (SSSR count). The van der Waals surface area contributed by atoms with E-state index in [1.54, 1.807) is 19.2 Å². The number of benzene rings is 2. The van der Waals surface area contributed by atoms with Crippen LogP contribution in [0.15, 0.2) is 48.7 Å². The summed E-state index contributed by atoms with van der Waals surface area (Å²) < 4.78 is 16.4. The van der Waals surface area contributed by atoms with Crippen LogP contribution in [-0.2, 0) is 0 Å². The van der Waals surface area contributed by atoms with Gasteiger partial charge in [0.25, 0.3) is 5.91 Å². The summed E-state index contributed by atoms with van der Waals surface area (Å²) in [5.74, 6) is 1.87. The Hall–Kier alpha value is -3.81. The van der Waals surface area contributed by atoms with Gasteiger partial charge in [-0.3, -0.25) is 4.79 Å². The van der Waals surface area contributed by atoms with Gasteiger partial charge in [0.1, 0.15) is 24.7 Å². The normalized spacial score (nSPS) is 12.2.